The monoisotopic (exact) mass is 789 g/mol. The zero-order valence-corrected chi connectivity index (χ0v) is 33.0. The third-order valence-corrected chi connectivity index (χ3v) is 10.5. The van der Waals surface area contributed by atoms with Crippen molar-refractivity contribution in [3.8, 4) is 45.3 Å². The largest absolute Gasteiger partial charge is 0.496 e. The Morgan fingerprint density at radius 3 is 2.42 bits per heavy atom. The summed E-state index contributed by atoms with van der Waals surface area (Å²) in [6.07, 6.45) is 3.66. The first-order valence-electron chi connectivity index (χ1n) is 18.2. The number of aliphatic carboxylic acids is 1. The predicted octanol–water partition coefficient (Wildman–Crippen LogP) is 7.87. The number of amides is 2. The van der Waals surface area contributed by atoms with Gasteiger partial charge in [-0.3, -0.25) is 19.5 Å². The van der Waals surface area contributed by atoms with Crippen molar-refractivity contribution < 1.29 is 33.7 Å². The normalized spacial score (nSPS) is 17.2. The number of methoxy groups -OCH3 is 2. The molecule has 290 valence electrons. The van der Waals surface area contributed by atoms with Crippen LogP contribution in [0.3, 0.4) is 0 Å². The van der Waals surface area contributed by atoms with E-state index in [1.807, 2.05) is 53.4 Å². The SMILES string of the molecule is COc1cc(-c2nccc(-c3cccc(-c4ccc(CN(C[C@@H]5CCC(=O)N5)C(=O)OC(C)(C)C)c(OC)n4)c3Cl)c2Cl)ccc1CN1CCCC1C(=O)O. The molecule has 4 aromatic rings. The molecule has 55 heavy (non-hydrogen) atoms. The Labute approximate surface area is 330 Å². The summed E-state index contributed by atoms with van der Waals surface area (Å²) in [6, 6.07) is 16.1. The van der Waals surface area contributed by atoms with Crippen molar-refractivity contribution in [3.63, 3.8) is 0 Å². The summed E-state index contributed by atoms with van der Waals surface area (Å²) >= 11 is 14.2. The van der Waals surface area contributed by atoms with Crippen LogP contribution in [0.15, 0.2) is 60.8 Å². The molecule has 2 aromatic carbocycles. The maximum Gasteiger partial charge on any atom is 0.410 e. The average molecular weight is 791 g/mol. The standard InChI is InChI=1S/C41H45Cl2N5O7/c1-41(2,3)55-40(52)48(23-27-14-16-34(49)45-27)22-26-13-15-31(46-38(26)54-5)30-9-6-8-28(35(30)42)29-17-18-44-37(36(29)43)24-11-12-25(33(20-24)53-4)21-47-19-7-10-32(47)39(50)51/h6,8-9,11-13,15,17-18,20,27,32H,7,10,14,16,19,21-23H2,1-5H3,(H,45,49)(H,50,51)/t27-,32?/m0/s1. The highest BCUT2D eigenvalue weighted by molar-refractivity contribution is 6.39. The number of carbonyl (C=O) groups excluding carboxylic acids is 2. The average Bonchev–Trinajstić information content (AvgIpc) is 3.80. The van der Waals surface area contributed by atoms with E-state index in [1.54, 1.807) is 45.0 Å². The number of pyridine rings is 2. The Morgan fingerprint density at radius 1 is 0.982 bits per heavy atom. The first-order valence-corrected chi connectivity index (χ1v) is 18.9. The molecule has 6 rings (SSSR count). The second-order valence-electron chi connectivity index (χ2n) is 14.7. The summed E-state index contributed by atoms with van der Waals surface area (Å²) in [6.45, 7) is 7.00. The number of nitrogens with zero attached hydrogens (tertiary/aromatic N) is 4. The molecular formula is C41H45Cl2N5O7. The Hall–Kier alpha value is -4.91. The van der Waals surface area contributed by atoms with Gasteiger partial charge in [0.15, 0.2) is 0 Å². The minimum atomic E-state index is -0.814. The summed E-state index contributed by atoms with van der Waals surface area (Å²) < 4.78 is 17.2. The second-order valence-corrected chi connectivity index (χ2v) is 15.5. The van der Waals surface area contributed by atoms with Crippen molar-refractivity contribution >= 4 is 41.2 Å². The van der Waals surface area contributed by atoms with Gasteiger partial charge in [-0.25, -0.2) is 9.78 Å². The number of carboxylic acid groups (broad SMARTS) is 1. The molecule has 2 amide bonds. The van der Waals surface area contributed by atoms with Gasteiger partial charge in [0.05, 0.1) is 42.2 Å². The van der Waals surface area contributed by atoms with E-state index in [0.717, 1.165) is 17.5 Å². The third kappa shape index (κ3) is 9.15. The smallest absolute Gasteiger partial charge is 0.410 e. The van der Waals surface area contributed by atoms with Crippen molar-refractivity contribution in [1.82, 2.24) is 25.1 Å². The molecule has 0 spiro atoms. The Bertz CT molecular complexity index is 2090. The fourth-order valence-corrected chi connectivity index (χ4v) is 7.71. The van der Waals surface area contributed by atoms with Crippen LogP contribution in [0.25, 0.3) is 33.6 Å². The maximum absolute atomic E-state index is 13.3. The summed E-state index contributed by atoms with van der Waals surface area (Å²) in [7, 11) is 3.10. The molecule has 0 bridgehead atoms. The molecule has 2 atom stereocenters. The highest BCUT2D eigenvalue weighted by Gasteiger charge is 2.32. The van der Waals surface area contributed by atoms with Crippen LogP contribution < -0.4 is 14.8 Å². The molecule has 2 saturated heterocycles. The number of carbonyl (C=O) groups is 3. The van der Waals surface area contributed by atoms with Gasteiger partial charge >= 0.3 is 12.1 Å². The van der Waals surface area contributed by atoms with Crippen LogP contribution in [0.5, 0.6) is 11.6 Å². The molecule has 0 aliphatic carbocycles. The number of aromatic nitrogens is 2. The van der Waals surface area contributed by atoms with E-state index in [2.05, 4.69) is 10.3 Å². The van der Waals surface area contributed by atoms with Crippen molar-refractivity contribution in [2.75, 3.05) is 27.3 Å². The van der Waals surface area contributed by atoms with Crippen LogP contribution >= 0.6 is 23.2 Å². The van der Waals surface area contributed by atoms with Crippen LogP contribution in [0, 0.1) is 0 Å². The van der Waals surface area contributed by atoms with Gasteiger partial charge in [-0.15, -0.1) is 0 Å². The van der Waals surface area contributed by atoms with Crippen molar-refractivity contribution in [2.24, 2.45) is 0 Å². The van der Waals surface area contributed by atoms with Gasteiger partial charge in [0.25, 0.3) is 0 Å². The molecular weight excluding hydrogens is 745 g/mol. The molecule has 2 aromatic heterocycles. The quantitative estimate of drug-likeness (QED) is 0.146. The van der Waals surface area contributed by atoms with Gasteiger partial charge in [-0.1, -0.05) is 53.5 Å². The van der Waals surface area contributed by atoms with E-state index < -0.39 is 23.7 Å². The molecule has 0 radical (unpaired) electrons. The number of likely N-dealkylation sites (tertiary alicyclic amines) is 1. The van der Waals surface area contributed by atoms with E-state index >= 15 is 0 Å². The van der Waals surface area contributed by atoms with Crippen molar-refractivity contribution in [1.29, 1.82) is 0 Å². The molecule has 0 saturated carbocycles. The minimum Gasteiger partial charge on any atom is -0.496 e. The zero-order chi connectivity index (χ0) is 39.4. The summed E-state index contributed by atoms with van der Waals surface area (Å²) in [5.74, 6) is 0.0694. The van der Waals surface area contributed by atoms with Crippen LogP contribution in [0.4, 0.5) is 4.79 Å². The number of halogens is 2. The highest BCUT2D eigenvalue weighted by Crippen LogP contribution is 2.42. The van der Waals surface area contributed by atoms with Crippen LogP contribution in [-0.4, -0.2) is 87.8 Å². The van der Waals surface area contributed by atoms with Crippen molar-refractivity contribution in [2.45, 2.75) is 77.2 Å². The number of hydrogen-bond acceptors (Lipinski definition) is 9. The van der Waals surface area contributed by atoms with Gasteiger partial charge in [0.2, 0.25) is 11.8 Å². The molecule has 2 N–H and O–H groups in total. The number of hydrogen-bond donors (Lipinski definition) is 2. The van der Waals surface area contributed by atoms with Crippen molar-refractivity contribution in [3.05, 3.63) is 82.0 Å². The van der Waals surface area contributed by atoms with Gasteiger partial charge in [0.1, 0.15) is 17.4 Å². The molecule has 4 heterocycles. The minimum absolute atomic E-state index is 0.0399. The van der Waals surface area contributed by atoms with Gasteiger partial charge in [0, 0.05) is 65.1 Å². The summed E-state index contributed by atoms with van der Waals surface area (Å²) in [5.41, 5.74) is 4.61. The number of ether oxygens (including phenoxy) is 3. The lowest BCUT2D eigenvalue weighted by atomic mass is 9.99. The van der Waals surface area contributed by atoms with E-state index in [0.29, 0.717) is 87.7 Å². The second kappa shape index (κ2) is 16.8. The van der Waals surface area contributed by atoms with Crippen LogP contribution in [0.2, 0.25) is 10.0 Å². The van der Waals surface area contributed by atoms with E-state index in [-0.39, 0.29) is 25.0 Å². The number of nitrogens with one attached hydrogen (secondary N) is 1. The van der Waals surface area contributed by atoms with Crippen LogP contribution in [-0.2, 0) is 27.4 Å². The Kier molecular flexibility index (Phi) is 12.2. The van der Waals surface area contributed by atoms with E-state index in [9.17, 15) is 19.5 Å². The van der Waals surface area contributed by atoms with Gasteiger partial charge in [-0.05, 0) is 70.8 Å². The molecule has 2 aliphatic heterocycles. The van der Waals surface area contributed by atoms with Gasteiger partial charge in [-0.2, -0.15) is 0 Å². The molecule has 1 unspecified atom stereocenters. The lowest BCUT2D eigenvalue weighted by Crippen LogP contribution is -2.43. The summed E-state index contributed by atoms with van der Waals surface area (Å²) in [5, 5.41) is 13.4. The third-order valence-electron chi connectivity index (χ3n) is 9.71. The number of carboxylic acids is 1. The zero-order valence-electron chi connectivity index (χ0n) is 31.5. The fourth-order valence-electron chi connectivity index (χ4n) is 7.06. The molecule has 2 fully saturated rings. The van der Waals surface area contributed by atoms with E-state index in [1.165, 1.54) is 7.11 Å². The predicted molar refractivity (Wildman–Crippen MR) is 210 cm³/mol. The summed E-state index contributed by atoms with van der Waals surface area (Å²) in [4.78, 5) is 49.9. The lowest BCUT2D eigenvalue weighted by molar-refractivity contribution is -0.142. The van der Waals surface area contributed by atoms with Crippen LogP contribution in [0.1, 0.15) is 57.6 Å². The topological polar surface area (TPSA) is 143 Å². The first-order chi connectivity index (χ1) is 26.3. The first kappa shape index (κ1) is 39.8. The lowest BCUT2D eigenvalue weighted by Gasteiger charge is -2.29. The Balaban J connectivity index is 1.27. The molecule has 2 aliphatic rings. The Morgan fingerprint density at radius 2 is 1.73 bits per heavy atom. The fraction of sp³-hybridized carbons (Fsp3) is 0.390. The number of rotatable bonds is 12. The van der Waals surface area contributed by atoms with E-state index in [4.69, 9.17) is 42.4 Å². The molecule has 14 heteroatoms. The van der Waals surface area contributed by atoms with Gasteiger partial charge < -0.3 is 29.5 Å². The maximum atomic E-state index is 13.3. The number of benzene rings is 2. The highest BCUT2D eigenvalue weighted by atomic mass is 35.5. The molecule has 12 nitrogen and oxygen atoms in total.